The first-order chi connectivity index (χ1) is 15.6. The van der Waals surface area contributed by atoms with Crippen LogP contribution < -0.4 is 5.32 Å². The van der Waals surface area contributed by atoms with Gasteiger partial charge < -0.3 is 19.7 Å². The number of esters is 1. The number of benzene rings is 1. The highest BCUT2D eigenvalue weighted by Gasteiger charge is 2.31. The Bertz CT molecular complexity index is 980. The molecule has 3 rings (SSSR count). The maximum atomic E-state index is 13.4. The lowest BCUT2D eigenvalue weighted by Gasteiger charge is -2.31. The molecule has 1 aliphatic rings. The summed E-state index contributed by atoms with van der Waals surface area (Å²) in [5.41, 5.74) is 2.02. The lowest BCUT2D eigenvalue weighted by molar-refractivity contribution is -0.144. The number of fused-ring (bicyclic) bond motifs is 1. The predicted molar refractivity (Wildman–Crippen MR) is 121 cm³/mol. The summed E-state index contributed by atoms with van der Waals surface area (Å²) < 4.78 is 11.9. The van der Waals surface area contributed by atoms with Crippen LogP contribution in [0.4, 0.5) is 4.79 Å². The highest BCUT2D eigenvalue weighted by atomic mass is 16.6. The van der Waals surface area contributed by atoms with Gasteiger partial charge in [0.05, 0.1) is 12.3 Å². The zero-order valence-corrected chi connectivity index (χ0v) is 19.7. The van der Waals surface area contributed by atoms with Crippen LogP contribution in [0.5, 0.6) is 0 Å². The molecule has 178 valence electrons. The van der Waals surface area contributed by atoms with Gasteiger partial charge in [0.25, 0.3) is 0 Å². The number of hydrogen-bond acceptors (Lipinski definition) is 6. The molecule has 2 amide bonds. The van der Waals surface area contributed by atoms with Gasteiger partial charge in [-0.15, -0.1) is 0 Å². The van der Waals surface area contributed by atoms with E-state index >= 15 is 0 Å². The summed E-state index contributed by atoms with van der Waals surface area (Å²) in [6.07, 6.45) is 2.07. The van der Waals surface area contributed by atoms with Crippen LogP contribution >= 0.6 is 0 Å². The Morgan fingerprint density at radius 1 is 1.18 bits per heavy atom. The molecule has 1 atom stereocenters. The first kappa shape index (κ1) is 24.3. The van der Waals surface area contributed by atoms with Crippen molar-refractivity contribution in [3.05, 3.63) is 53.3 Å². The summed E-state index contributed by atoms with van der Waals surface area (Å²) in [6, 6.07) is 8.78. The second kappa shape index (κ2) is 10.5. The minimum absolute atomic E-state index is 0.0334. The first-order valence-electron chi connectivity index (χ1n) is 11.2. The van der Waals surface area contributed by atoms with Crippen LogP contribution in [0.15, 0.2) is 36.5 Å². The largest absolute Gasteiger partial charge is 0.465 e. The molecular weight excluding hydrogens is 424 g/mol. The van der Waals surface area contributed by atoms with Crippen molar-refractivity contribution in [2.75, 3.05) is 13.2 Å². The molecule has 1 N–H and O–H groups in total. The molecule has 0 bridgehead atoms. The quantitative estimate of drug-likeness (QED) is 0.642. The van der Waals surface area contributed by atoms with Crippen LogP contribution in [0, 0.1) is 0 Å². The lowest BCUT2D eigenvalue weighted by Crippen LogP contribution is -2.51. The van der Waals surface area contributed by atoms with Gasteiger partial charge in [-0.1, -0.05) is 30.3 Å². The molecule has 0 saturated carbocycles. The fraction of sp³-hybridized carbons (Fsp3) is 0.500. The van der Waals surface area contributed by atoms with Crippen molar-refractivity contribution in [2.45, 2.75) is 65.3 Å². The van der Waals surface area contributed by atoms with E-state index < -0.39 is 17.7 Å². The summed E-state index contributed by atoms with van der Waals surface area (Å²) in [7, 11) is 0. The molecule has 33 heavy (non-hydrogen) atoms. The molecule has 0 radical (unpaired) electrons. The van der Waals surface area contributed by atoms with Crippen LogP contribution in [0.25, 0.3) is 0 Å². The minimum Gasteiger partial charge on any atom is -0.465 e. The van der Waals surface area contributed by atoms with E-state index in [0.29, 0.717) is 32.5 Å². The van der Waals surface area contributed by atoms with Crippen molar-refractivity contribution in [1.29, 1.82) is 0 Å². The van der Waals surface area contributed by atoms with Gasteiger partial charge in [0.1, 0.15) is 18.2 Å². The predicted octanol–water partition coefficient (Wildman–Crippen LogP) is 2.47. The topological polar surface area (TPSA) is 103 Å². The van der Waals surface area contributed by atoms with Gasteiger partial charge in [-0.05, 0) is 33.3 Å². The smallest absolute Gasteiger partial charge is 0.408 e. The van der Waals surface area contributed by atoms with Crippen LogP contribution in [0.2, 0.25) is 0 Å². The Kier molecular flexibility index (Phi) is 7.73. The number of carbonyl (C=O) groups is 3. The van der Waals surface area contributed by atoms with Crippen molar-refractivity contribution in [1.82, 2.24) is 20.0 Å². The standard InChI is InChI=1S/C24H32N4O5/c1-5-32-21(29)16-28-15-18-14-27(12-11-19(18)26-28)22(30)20(13-17-9-7-6-8-10-17)25-23(31)33-24(2,3)4/h6-10,15,20H,5,11-14,16H2,1-4H3,(H,25,31)/t20-/m0/s1. The van der Waals surface area contributed by atoms with E-state index in [2.05, 4.69) is 10.4 Å². The summed E-state index contributed by atoms with van der Waals surface area (Å²) >= 11 is 0. The molecule has 0 saturated heterocycles. The van der Waals surface area contributed by atoms with E-state index in [4.69, 9.17) is 9.47 Å². The van der Waals surface area contributed by atoms with Crippen LogP contribution in [0.3, 0.4) is 0 Å². The highest BCUT2D eigenvalue weighted by Crippen LogP contribution is 2.19. The Morgan fingerprint density at radius 3 is 2.58 bits per heavy atom. The van der Waals surface area contributed by atoms with Gasteiger partial charge in [0.15, 0.2) is 0 Å². The summed E-state index contributed by atoms with van der Waals surface area (Å²) in [4.78, 5) is 39.4. The van der Waals surface area contributed by atoms with Crippen molar-refractivity contribution in [3.63, 3.8) is 0 Å². The number of nitrogens with one attached hydrogen (secondary N) is 1. The third kappa shape index (κ3) is 7.06. The van der Waals surface area contributed by atoms with Gasteiger partial charge in [-0.3, -0.25) is 14.3 Å². The molecule has 2 heterocycles. The van der Waals surface area contributed by atoms with E-state index in [1.165, 1.54) is 0 Å². The van der Waals surface area contributed by atoms with Crippen molar-refractivity contribution in [3.8, 4) is 0 Å². The number of rotatable bonds is 7. The second-order valence-electron chi connectivity index (χ2n) is 9.00. The first-order valence-corrected chi connectivity index (χ1v) is 11.2. The molecule has 0 aliphatic carbocycles. The van der Waals surface area contributed by atoms with Crippen LogP contribution in [-0.2, 0) is 45.0 Å². The molecule has 2 aromatic rings. The SMILES string of the molecule is CCOC(=O)Cn1cc2c(n1)CCN(C(=O)[C@H](Cc1ccccc1)NC(=O)OC(C)(C)C)C2. The van der Waals surface area contributed by atoms with E-state index in [1.807, 2.05) is 30.3 Å². The van der Waals surface area contributed by atoms with Crippen LogP contribution in [0.1, 0.15) is 44.5 Å². The van der Waals surface area contributed by atoms with E-state index in [9.17, 15) is 14.4 Å². The lowest BCUT2D eigenvalue weighted by atomic mass is 10.0. The molecule has 1 aliphatic heterocycles. The number of hydrogen-bond donors (Lipinski definition) is 1. The zero-order chi connectivity index (χ0) is 24.0. The van der Waals surface area contributed by atoms with Gasteiger partial charge in [-0.25, -0.2) is 4.79 Å². The van der Waals surface area contributed by atoms with Gasteiger partial charge in [0, 0.05) is 37.7 Å². The Balaban J connectivity index is 1.72. The van der Waals surface area contributed by atoms with Crippen molar-refractivity contribution < 1.29 is 23.9 Å². The monoisotopic (exact) mass is 456 g/mol. The fourth-order valence-corrected chi connectivity index (χ4v) is 3.70. The number of alkyl carbamates (subject to hydrolysis) is 1. The third-order valence-corrected chi connectivity index (χ3v) is 5.08. The van der Waals surface area contributed by atoms with E-state index in [1.54, 1.807) is 43.5 Å². The number of ether oxygens (including phenoxy) is 2. The van der Waals surface area contributed by atoms with Gasteiger partial charge >= 0.3 is 12.1 Å². The van der Waals surface area contributed by atoms with Gasteiger partial charge in [0.2, 0.25) is 5.91 Å². The van der Waals surface area contributed by atoms with Gasteiger partial charge in [-0.2, -0.15) is 5.10 Å². The molecule has 0 fully saturated rings. The molecule has 9 heteroatoms. The summed E-state index contributed by atoms with van der Waals surface area (Å²) in [5.74, 6) is -0.539. The Hall–Kier alpha value is -3.36. The average molecular weight is 457 g/mol. The Labute approximate surface area is 194 Å². The van der Waals surface area contributed by atoms with Crippen molar-refractivity contribution >= 4 is 18.0 Å². The molecule has 0 unspecified atom stereocenters. The molecular formula is C24H32N4O5. The molecule has 0 spiro atoms. The maximum absolute atomic E-state index is 13.4. The number of amides is 2. The number of nitrogens with zero attached hydrogens (tertiary/aromatic N) is 3. The van der Waals surface area contributed by atoms with Crippen LogP contribution in [-0.4, -0.2) is 57.4 Å². The summed E-state index contributed by atoms with van der Waals surface area (Å²) in [6.45, 7) is 8.28. The zero-order valence-electron chi connectivity index (χ0n) is 19.7. The second-order valence-corrected chi connectivity index (χ2v) is 9.00. The maximum Gasteiger partial charge on any atom is 0.408 e. The van der Waals surface area contributed by atoms with E-state index in [0.717, 1.165) is 16.8 Å². The third-order valence-electron chi connectivity index (χ3n) is 5.08. The minimum atomic E-state index is -0.765. The number of aromatic nitrogens is 2. The highest BCUT2D eigenvalue weighted by molar-refractivity contribution is 5.86. The molecule has 1 aromatic heterocycles. The van der Waals surface area contributed by atoms with E-state index in [-0.39, 0.29) is 18.4 Å². The Morgan fingerprint density at radius 2 is 1.91 bits per heavy atom. The summed E-state index contributed by atoms with van der Waals surface area (Å²) in [5, 5.41) is 7.21. The number of carbonyl (C=O) groups excluding carboxylic acids is 3. The molecule has 1 aromatic carbocycles. The average Bonchev–Trinajstić information content (AvgIpc) is 3.13. The fourth-order valence-electron chi connectivity index (χ4n) is 3.70. The van der Waals surface area contributed by atoms with Crippen molar-refractivity contribution in [2.24, 2.45) is 0 Å². The normalized spacial score (nSPS) is 14.2. The molecule has 9 nitrogen and oxygen atoms in total.